The lowest BCUT2D eigenvalue weighted by Crippen LogP contribution is -2.32. The Hall–Kier alpha value is -3.32. The zero-order valence-electron chi connectivity index (χ0n) is 18.4. The van der Waals surface area contributed by atoms with Crippen LogP contribution in [0.2, 0.25) is 0 Å². The van der Waals surface area contributed by atoms with Gasteiger partial charge in [0, 0.05) is 23.2 Å². The lowest BCUT2D eigenvalue weighted by molar-refractivity contribution is 0.0951. The molecule has 1 saturated heterocycles. The van der Waals surface area contributed by atoms with Crippen molar-refractivity contribution in [1.82, 2.24) is 25.2 Å². The van der Waals surface area contributed by atoms with Gasteiger partial charge in [-0.3, -0.25) is 14.7 Å². The Balaban J connectivity index is 1.13. The number of pyridine rings is 1. The Morgan fingerprint density at radius 3 is 2.70 bits per heavy atom. The molecule has 7 heteroatoms. The predicted octanol–water partition coefficient (Wildman–Crippen LogP) is 4.52. The summed E-state index contributed by atoms with van der Waals surface area (Å²) >= 11 is 0. The maximum absolute atomic E-state index is 13.8. The number of aromatic amines is 1. The molecule has 3 heterocycles. The molecular weight excluding hydrogens is 417 g/mol. The second-order valence-electron chi connectivity index (χ2n) is 9.28. The average Bonchev–Trinajstić information content (AvgIpc) is 3.55. The summed E-state index contributed by atoms with van der Waals surface area (Å²) in [6, 6.07) is 12.9. The maximum Gasteiger partial charge on any atom is 0.251 e. The first kappa shape index (κ1) is 20.3. The summed E-state index contributed by atoms with van der Waals surface area (Å²) in [5.41, 5.74) is 4.50. The molecule has 0 unspecified atom stereocenters. The van der Waals surface area contributed by atoms with E-state index in [4.69, 9.17) is 4.98 Å². The lowest BCUT2D eigenvalue weighted by atomic mass is 9.87. The molecule has 1 aliphatic carbocycles. The molecule has 0 atom stereocenters. The third kappa shape index (κ3) is 4.20. The van der Waals surface area contributed by atoms with Crippen molar-refractivity contribution in [1.29, 1.82) is 0 Å². The number of carbonyl (C=O) groups excluding carboxylic acids is 1. The van der Waals surface area contributed by atoms with Crippen LogP contribution in [0.1, 0.15) is 53.3 Å². The van der Waals surface area contributed by atoms with Crippen LogP contribution in [0.5, 0.6) is 0 Å². The van der Waals surface area contributed by atoms with E-state index in [0.29, 0.717) is 17.5 Å². The van der Waals surface area contributed by atoms with Crippen molar-refractivity contribution in [3.05, 3.63) is 71.4 Å². The highest BCUT2D eigenvalue weighted by Gasteiger charge is 2.25. The molecule has 0 bridgehead atoms. The topological polar surface area (TPSA) is 73.9 Å². The monoisotopic (exact) mass is 443 g/mol. The molecule has 2 aromatic carbocycles. The van der Waals surface area contributed by atoms with Gasteiger partial charge < -0.3 is 10.3 Å². The minimum absolute atomic E-state index is 0.0128. The summed E-state index contributed by atoms with van der Waals surface area (Å²) < 4.78 is 13.8. The number of likely N-dealkylation sites (tertiary alicyclic amines) is 1. The standard InChI is InChI=1S/C26H26FN5O/c27-18-2-6-22-21(14-18)20(7-10-28-22)16-8-11-32(12-9-16)15-25-30-23-5-1-17(13-24(23)31-25)26(33)29-19-3-4-19/h1-2,5-7,10,13-14,16,19H,3-4,8-9,11-12,15H2,(H,29,33)(H,30,31). The van der Waals surface area contributed by atoms with Crippen LogP contribution in [-0.4, -0.2) is 44.9 Å². The number of piperidine rings is 1. The van der Waals surface area contributed by atoms with Crippen molar-refractivity contribution in [2.24, 2.45) is 0 Å². The molecule has 1 amide bonds. The summed E-state index contributed by atoms with van der Waals surface area (Å²) in [6.07, 6.45) is 6.01. The molecule has 33 heavy (non-hydrogen) atoms. The first-order valence-corrected chi connectivity index (χ1v) is 11.7. The molecule has 168 valence electrons. The van der Waals surface area contributed by atoms with E-state index in [1.807, 2.05) is 30.5 Å². The number of benzene rings is 2. The molecule has 0 spiro atoms. The van der Waals surface area contributed by atoms with E-state index in [0.717, 1.165) is 73.1 Å². The number of fused-ring (bicyclic) bond motifs is 2. The second-order valence-corrected chi connectivity index (χ2v) is 9.28. The Bertz CT molecular complexity index is 1340. The number of hydrogen-bond acceptors (Lipinski definition) is 4. The number of rotatable bonds is 5. The second kappa shape index (κ2) is 8.23. The zero-order chi connectivity index (χ0) is 22.4. The molecule has 6 rings (SSSR count). The molecule has 6 nitrogen and oxygen atoms in total. The van der Waals surface area contributed by atoms with Crippen LogP contribution in [0.4, 0.5) is 4.39 Å². The smallest absolute Gasteiger partial charge is 0.251 e. The van der Waals surface area contributed by atoms with Crippen molar-refractivity contribution in [2.45, 2.75) is 44.2 Å². The minimum Gasteiger partial charge on any atom is -0.349 e. The van der Waals surface area contributed by atoms with Crippen molar-refractivity contribution in [3.8, 4) is 0 Å². The summed E-state index contributed by atoms with van der Waals surface area (Å²) in [5.74, 6) is 1.09. The Labute approximate surface area is 191 Å². The number of aromatic nitrogens is 3. The minimum atomic E-state index is -0.216. The van der Waals surface area contributed by atoms with Crippen LogP contribution in [0.3, 0.4) is 0 Å². The van der Waals surface area contributed by atoms with E-state index in [-0.39, 0.29) is 11.7 Å². The van der Waals surface area contributed by atoms with E-state index < -0.39 is 0 Å². The molecule has 2 aliphatic rings. The molecule has 0 radical (unpaired) electrons. The Kier molecular flexibility index (Phi) is 5.06. The van der Waals surface area contributed by atoms with Crippen LogP contribution in [0, 0.1) is 5.82 Å². The largest absolute Gasteiger partial charge is 0.349 e. The van der Waals surface area contributed by atoms with Gasteiger partial charge in [-0.1, -0.05) is 0 Å². The van der Waals surface area contributed by atoms with E-state index in [9.17, 15) is 9.18 Å². The third-order valence-electron chi connectivity index (χ3n) is 6.84. The fourth-order valence-electron chi connectivity index (χ4n) is 4.88. The maximum atomic E-state index is 13.8. The lowest BCUT2D eigenvalue weighted by Gasteiger charge is -2.32. The van der Waals surface area contributed by atoms with Crippen molar-refractivity contribution < 1.29 is 9.18 Å². The summed E-state index contributed by atoms with van der Waals surface area (Å²) in [4.78, 5) is 27.2. The number of amides is 1. The summed E-state index contributed by atoms with van der Waals surface area (Å²) in [7, 11) is 0. The van der Waals surface area contributed by atoms with Gasteiger partial charge in [0.05, 0.1) is 23.1 Å². The SMILES string of the molecule is O=C(NC1CC1)c1ccc2nc(CN3CCC(c4ccnc5ccc(F)cc45)CC3)[nH]c2c1. The van der Waals surface area contributed by atoms with Crippen molar-refractivity contribution in [3.63, 3.8) is 0 Å². The molecule has 1 aliphatic heterocycles. The van der Waals surface area contributed by atoms with Gasteiger partial charge in [-0.05, 0) is 92.7 Å². The molecule has 4 aromatic rings. The Morgan fingerprint density at radius 1 is 1.06 bits per heavy atom. The van der Waals surface area contributed by atoms with Gasteiger partial charge in [0.25, 0.3) is 5.91 Å². The van der Waals surface area contributed by atoms with Crippen molar-refractivity contribution >= 4 is 27.8 Å². The molecular formula is C26H26FN5O. The average molecular weight is 444 g/mol. The van der Waals surface area contributed by atoms with Gasteiger partial charge >= 0.3 is 0 Å². The van der Waals surface area contributed by atoms with E-state index in [1.54, 1.807) is 12.1 Å². The van der Waals surface area contributed by atoms with Crippen LogP contribution < -0.4 is 5.32 Å². The molecule has 2 fully saturated rings. The van der Waals surface area contributed by atoms with Gasteiger partial charge in [-0.15, -0.1) is 0 Å². The fraction of sp³-hybridized carbons (Fsp3) is 0.346. The normalized spacial score (nSPS) is 17.6. The summed E-state index contributed by atoms with van der Waals surface area (Å²) in [5, 5.41) is 3.96. The number of halogens is 1. The fourth-order valence-corrected chi connectivity index (χ4v) is 4.88. The first-order chi connectivity index (χ1) is 16.1. The highest BCUT2D eigenvalue weighted by atomic mass is 19.1. The highest BCUT2D eigenvalue weighted by Crippen LogP contribution is 2.33. The molecule has 2 N–H and O–H groups in total. The van der Waals surface area contributed by atoms with Gasteiger partial charge in [0.15, 0.2) is 0 Å². The van der Waals surface area contributed by atoms with Gasteiger partial charge in [-0.25, -0.2) is 9.37 Å². The zero-order valence-corrected chi connectivity index (χ0v) is 18.4. The number of nitrogens with zero attached hydrogens (tertiary/aromatic N) is 3. The van der Waals surface area contributed by atoms with Crippen LogP contribution >= 0.6 is 0 Å². The van der Waals surface area contributed by atoms with Crippen LogP contribution in [0.25, 0.3) is 21.9 Å². The third-order valence-corrected chi connectivity index (χ3v) is 6.84. The van der Waals surface area contributed by atoms with E-state index in [1.165, 1.54) is 11.6 Å². The number of carbonyl (C=O) groups is 1. The quantitative estimate of drug-likeness (QED) is 0.476. The first-order valence-electron chi connectivity index (χ1n) is 11.7. The van der Waals surface area contributed by atoms with Gasteiger partial charge in [0.1, 0.15) is 11.6 Å². The molecule has 1 saturated carbocycles. The predicted molar refractivity (Wildman–Crippen MR) is 126 cm³/mol. The number of imidazole rings is 1. The van der Waals surface area contributed by atoms with Crippen LogP contribution in [0.15, 0.2) is 48.7 Å². The van der Waals surface area contributed by atoms with E-state index >= 15 is 0 Å². The Morgan fingerprint density at radius 2 is 1.88 bits per heavy atom. The van der Waals surface area contributed by atoms with Gasteiger partial charge in [-0.2, -0.15) is 0 Å². The van der Waals surface area contributed by atoms with Crippen LogP contribution in [-0.2, 0) is 6.54 Å². The molecule has 2 aromatic heterocycles. The number of nitrogens with one attached hydrogen (secondary N) is 2. The van der Waals surface area contributed by atoms with Gasteiger partial charge in [0.2, 0.25) is 0 Å². The number of H-pyrrole nitrogens is 1. The number of hydrogen-bond donors (Lipinski definition) is 2. The highest BCUT2D eigenvalue weighted by molar-refractivity contribution is 5.97. The van der Waals surface area contributed by atoms with Crippen molar-refractivity contribution in [2.75, 3.05) is 13.1 Å². The summed E-state index contributed by atoms with van der Waals surface area (Å²) in [6.45, 7) is 2.66. The van der Waals surface area contributed by atoms with E-state index in [2.05, 4.69) is 20.2 Å².